The minimum Gasteiger partial charge on any atom is -0.463 e. The molecule has 0 aliphatic heterocycles. The molecule has 1 atom stereocenters. The van der Waals surface area contributed by atoms with Gasteiger partial charge in [0.1, 0.15) is 19.3 Å². The fourth-order valence-electron chi connectivity index (χ4n) is 3.53. The molecule has 7 nitrogen and oxygen atoms in total. The van der Waals surface area contributed by atoms with Gasteiger partial charge in [0.25, 0.3) is 0 Å². The van der Waals surface area contributed by atoms with Gasteiger partial charge >= 0.3 is 12.1 Å². The second kappa shape index (κ2) is 17.6. The number of nitrogens with one attached hydrogen (secondary N) is 1. The van der Waals surface area contributed by atoms with E-state index in [9.17, 15) is 14.7 Å². The number of hydrogen-bond donors (Lipinski definition) is 2. The van der Waals surface area contributed by atoms with Crippen molar-refractivity contribution in [2.24, 2.45) is 0 Å². The van der Waals surface area contributed by atoms with Crippen LogP contribution in [0.15, 0.2) is 30.3 Å². The van der Waals surface area contributed by atoms with Gasteiger partial charge in [-0.05, 0) is 36.5 Å². The van der Waals surface area contributed by atoms with E-state index >= 15 is 0 Å². The van der Waals surface area contributed by atoms with Gasteiger partial charge in [-0.15, -0.1) is 0 Å². The number of ether oxygens (including phenoxy) is 2. The molecule has 8 heteroatoms. The van der Waals surface area contributed by atoms with Crippen LogP contribution in [0.1, 0.15) is 64.9 Å². The Kier molecular flexibility index (Phi) is 15.5. The zero-order valence-electron chi connectivity index (χ0n) is 20.6. The zero-order chi connectivity index (χ0) is 24.4. The van der Waals surface area contributed by atoms with Crippen LogP contribution in [0.4, 0.5) is 4.79 Å². The molecule has 0 saturated heterocycles. The van der Waals surface area contributed by atoms with Crippen molar-refractivity contribution in [2.75, 3.05) is 19.8 Å². The second-order valence-electron chi connectivity index (χ2n) is 8.40. The summed E-state index contributed by atoms with van der Waals surface area (Å²) in [6.07, 6.45) is 3.71. The van der Waals surface area contributed by atoms with Gasteiger partial charge in [0.05, 0.1) is 6.61 Å². The van der Waals surface area contributed by atoms with E-state index in [1.54, 1.807) is 0 Å². The molecule has 1 aromatic carbocycles. The van der Waals surface area contributed by atoms with Crippen LogP contribution in [0.2, 0.25) is 18.1 Å². The summed E-state index contributed by atoms with van der Waals surface area (Å²) < 4.78 is 16.4. The average Bonchev–Trinajstić information content (AvgIpc) is 2.85. The van der Waals surface area contributed by atoms with Gasteiger partial charge in [0, 0.05) is 13.0 Å². The number of amides is 1. The number of rotatable bonds is 18. The molecule has 0 aliphatic rings. The Morgan fingerprint density at radius 1 is 0.909 bits per heavy atom. The molecule has 0 aromatic heterocycles. The van der Waals surface area contributed by atoms with Gasteiger partial charge in [0.15, 0.2) is 8.32 Å². The summed E-state index contributed by atoms with van der Waals surface area (Å²) >= 11 is 0. The highest BCUT2D eigenvalue weighted by molar-refractivity contribution is 6.73. The van der Waals surface area contributed by atoms with Crippen molar-refractivity contribution in [3.63, 3.8) is 0 Å². The number of unbranched alkanes of at least 4 members (excludes halogenated alkanes) is 4. The molecule has 2 N–H and O–H groups in total. The molecule has 0 spiro atoms. The first-order chi connectivity index (χ1) is 15.9. The van der Waals surface area contributed by atoms with Crippen LogP contribution >= 0.6 is 0 Å². The van der Waals surface area contributed by atoms with Crippen molar-refractivity contribution in [1.82, 2.24) is 5.32 Å². The number of benzene rings is 1. The van der Waals surface area contributed by atoms with Gasteiger partial charge < -0.3 is 24.3 Å². The summed E-state index contributed by atoms with van der Waals surface area (Å²) in [6, 6.07) is 12.7. The Hall–Kier alpha value is -1.90. The van der Waals surface area contributed by atoms with E-state index in [0.29, 0.717) is 13.0 Å². The fraction of sp³-hybridized carbons (Fsp3) is 0.680. The first kappa shape index (κ1) is 29.1. The quantitative estimate of drug-likeness (QED) is 0.170. The van der Waals surface area contributed by atoms with Gasteiger partial charge in [-0.1, -0.05) is 70.4 Å². The SMILES string of the molecule is CC[Si](CC)(CC)OC[C@H](O)COC(=O)CCCCCCCNC(=O)OCc1ccccc1. The Balaban J connectivity index is 1.97. The predicted molar refractivity (Wildman–Crippen MR) is 132 cm³/mol. The summed E-state index contributed by atoms with van der Waals surface area (Å²) in [5, 5.41) is 12.8. The lowest BCUT2D eigenvalue weighted by atomic mass is 10.1. The largest absolute Gasteiger partial charge is 0.463 e. The molecule has 0 aliphatic carbocycles. The van der Waals surface area contributed by atoms with Crippen LogP contribution in [-0.4, -0.2) is 51.3 Å². The maximum absolute atomic E-state index is 11.9. The number of esters is 1. The minimum absolute atomic E-state index is 0.00744. The first-order valence-corrected chi connectivity index (χ1v) is 14.9. The van der Waals surface area contributed by atoms with Crippen LogP contribution in [0.25, 0.3) is 0 Å². The summed E-state index contributed by atoms with van der Waals surface area (Å²) in [5.74, 6) is -0.276. The Morgan fingerprint density at radius 3 is 2.21 bits per heavy atom. The van der Waals surface area contributed by atoms with Crippen molar-refractivity contribution in [3.05, 3.63) is 35.9 Å². The lowest BCUT2D eigenvalue weighted by Crippen LogP contribution is -2.39. The van der Waals surface area contributed by atoms with E-state index in [1.807, 2.05) is 30.3 Å². The topological polar surface area (TPSA) is 94.1 Å². The maximum Gasteiger partial charge on any atom is 0.407 e. The zero-order valence-corrected chi connectivity index (χ0v) is 21.6. The predicted octanol–water partition coefficient (Wildman–Crippen LogP) is 5.18. The number of carbonyl (C=O) groups excluding carboxylic acids is 2. The Morgan fingerprint density at radius 2 is 1.55 bits per heavy atom. The number of aliphatic hydroxyl groups is 1. The Labute approximate surface area is 200 Å². The van der Waals surface area contributed by atoms with E-state index < -0.39 is 20.5 Å². The Bertz CT molecular complexity index is 645. The second-order valence-corrected chi connectivity index (χ2v) is 13.2. The van der Waals surface area contributed by atoms with E-state index in [1.165, 1.54) is 0 Å². The van der Waals surface area contributed by atoms with Crippen molar-refractivity contribution >= 4 is 20.4 Å². The highest BCUT2D eigenvalue weighted by Gasteiger charge is 2.29. The van der Waals surface area contributed by atoms with Crippen LogP contribution in [0.3, 0.4) is 0 Å². The first-order valence-electron chi connectivity index (χ1n) is 12.4. The number of alkyl carbamates (subject to hydrolysis) is 1. The van der Waals surface area contributed by atoms with Crippen molar-refractivity contribution in [2.45, 2.75) is 90.1 Å². The van der Waals surface area contributed by atoms with Crippen molar-refractivity contribution < 1.29 is 28.6 Å². The smallest absolute Gasteiger partial charge is 0.407 e. The van der Waals surface area contributed by atoms with Crippen LogP contribution in [0, 0.1) is 0 Å². The maximum atomic E-state index is 11.9. The lowest BCUT2D eigenvalue weighted by molar-refractivity contribution is -0.147. The van der Waals surface area contributed by atoms with Gasteiger partial charge in [0.2, 0.25) is 0 Å². The molecule has 0 bridgehead atoms. The summed E-state index contributed by atoms with van der Waals surface area (Å²) in [6.45, 7) is 7.50. The van der Waals surface area contributed by atoms with Gasteiger partial charge in [-0.3, -0.25) is 4.79 Å². The van der Waals surface area contributed by atoms with Crippen molar-refractivity contribution in [1.29, 1.82) is 0 Å². The minimum atomic E-state index is -1.73. The summed E-state index contributed by atoms with van der Waals surface area (Å²) in [5.41, 5.74) is 0.960. The molecule has 0 radical (unpaired) electrons. The van der Waals surface area contributed by atoms with Crippen LogP contribution in [-0.2, 0) is 25.3 Å². The highest BCUT2D eigenvalue weighted by Crippen LogP contribution is 2.21. The molecule has 0 fully saturated rings. The number of hydrogen-bond acceptors (Lipinski definition) is 6. The fourth-order valence-corrected chi connectivity index (χ4v) is 6.19. The van der Waals surface area contributed by atoms with Crippen LogP contribution in [0.5, 0.6) is 0 Å². The molecule has 0 heterocycles. The van der Waals surface area contributed by atoms with E-state index in [-0.39, 0.29) is 25.8 Å². The monoisotopic (exact) mass is 481 g/mol. The number of aliphatic hydroxyl groups excluding tert-OH is 1. The van der Waals surface area contributed by atoms with E-state index in [2.05, 4.69) is 26.1 Å². The molecular formula is C25H43NO6Si. The normalized spacial score (nSPS) is 12.2. The molecule has 1 aromatic rings. The molecule has 188 valence electrons. The van der Waals surface area contributed by atoms with Gasteiger partial charge in [-0.25, -0.2) is 4.79 Å². The third-order valence-electron chi connectivity index (χ3n) is 5.99. The molecule has 33 heavy (non-hydrogen) atoms. The molecule has 0 saturated carbocycles. The standard InChI is InChI=1S/C25H43NO6Si/c1-4-33(5-2,6-3)32-21-23(27)20-30-24(28)17-13-8-7-9-14-18-26-25(29)31-19-22-15-11-10-12-16-22/h10-12,15-16,23,27H,4-9,13-14,17-21H2,1-3H3,(H,26,29)/t23-/m1/s1. The average molecular weight is 482 g/mol. The molecular weight excluding hydrogens is 438 g/mol. The van der Waals surface area contributed by atoms with Gasteiger partial charge in [-0.2, -0.15) is 0 Å². The number of carbonyl (C=O) groups is 2. The third kappa shape index (κ3) is 13.4. The van der Waals surface area contributed by atoms with Crippen molar-refractivity contribution in [3.8, 4) is 0 Å². The van der Waals surface area contributed by atoms with E-state index in [4.69, 9.17) is 13.9 Å². The summed E-state index contributed by atoms with van der Waals surface area (Å²) in [7, 11) is -1.73. The lowest BCUT2D eigenvalue weighted by Gasteiger charge is -2.29. The third-order valence-corrected chi connectivity index (χ3v) is 10.6. The molecule has 1 rings (SSSR count). The van der Waals surface area contributed by atoms with E-state index in [0.717, 1.165) is 55.8 Å². The highest BCUT2D eigenvalue weighted by atomic mass is 28.4. The molecule has 0 unspecified atom stereocenters. The summed E-state index contributed by atoms with van der Waals surface area (Å²) in [4.78, 5) is 23.5. The van der Waals surface area contributed by atoms with Crippen LogP contribution < -0.4 is 5.32 Å². The molecule has 1 amide bonds.